The molecule has 30 heavy (non-hydrogen) atoms. The Morgan fingerprint density at radius 1 is 1.40 bits per heavy atom. The lowest BCUT2D eigenvalue weighted by molar-refractivity contribution is -0.144. The van der Waals surface area contributed by atoms with Gasteiger partial charge in [0.05, 0.1) is 17.3 Å². The number of hydrogen-bond acceptors (Lipinski definition) is 5. The van der Waals surface area contributed by atoms with Gasteiger partial charge in [0.2, 0.25) is 6.10 Å². The minimum atomic E-state index is -1.25. The molecule has 1 heterocycles. The Hall–Kier alpha value is -2.93. The third-order valence-electron chi connectivity index (χ3n) is 3.97. The average molecular weight is 436 g/mol. The molecule has 0 aliphatic carbocycles. The van der Waals surface area contributed by atoms with Crippen molar-refractivity contribution in [3.8, 4) is 11.5 Å². The number of halogens is 1. The fourth-order valence-electron chi connectivity index (χ4n) is 2.57. The Morgan fingerprint density at radius 2 is 2.10 bits per heavy atom. The van der Waals surface area contributed by atoms with Crippen LogP contribution < -0.4 is 14.4 Å². The van der Waals surface area contributed by atoms with Crippen LogP contribution in [0.15, 0.2) is 48.6 Å². The van der Waals surface area contributed by atoms with E-state index in [0.29, 0.717) is 11.4 Å². The van der Waals surface area contributed by atoms with Crippen LogP contribution in [0.3, 0.4) is 0 Å². The van der Waals surface area contributed by atoms with E-state index in [9.17, 15) is 14.7 Å². The summed E-state index contributed by atoms with van der Waals surface area (Å²) in [5, 5.41) is 9.67. The summed E-state index contributed by atoms with van der Waals surface area (Å²) in [5.74, 6) is -0.745. The number of amides is 1. The first kappa shape index (κ1) is 23.3. The maximum absolute atomic E-state index is 12.7. The van der Waals surface area contributed by atoms with Crippen molar-refractivity contribution in [2.24, 2.45) is 0 Å². The number of benzene rings is 1. The molecule has 1 aromatic rings. The van der Waals surface area contributed by atoms with Crippen LogP contribution in [-0.4, -0.2) is 42.0 Å². The van der Waals surface area contributed by atoms with E-state index < -0.39 is 23.8 Å². The minimum Gasteiger partial charge on any atom is -0.487 e. The molecule has 1 aliphatic heterocycles. The van der Waals surface area contributed by atoms with Gasteiger partial charge < -0.3 is 19.3 Å². The second kappa shape index (κ2) is 9.71. The maximum atomic E-state index is 12.7. The number of aliphatic carboxylic acids is 1. The number of allylic oxidation sites excluding steroid dienone is 3. The van der Waals surface area contributed by atoms with Gasteiger partial charge in [0.15, 0.2) is 0 Å². The van der Waals surface area contributed by atoms with Crippen LogP contribution in [0.25, 0.3) is 0 Å². The molecule has 0 saturated heterocycles. The van der Waals surface area contributed by atoms with E-state index in [1.165, 1.54) is 17.0 Å². The Bertz CT molecular complexity index is 884. The summed E-state index contributed by atoms with van der Waals surface area (Å²) < 4.78 is 16.7. The number of carbonyl (C=O) groups excluding carboxylic acids is 1. The van der Waals surface area contributed by atoms with Crippen molar-refractivity contribution in [1.82, 2.24) is 0 Å². The van der Waals surface area contributed by atoms with E-state index in [1.807, 2.05) is 25.2 Å². The molecule has 1 atom stereocenters. The number of anilines is 1. The Kier molecular flexibility index (Phi) is 7.56. The summed E-state index contributed by atoms with van der Waals surface area (Å²) in [6, 6.07) is 2.97. The minimum absolute atomic E-state index is 0.163. The van der Waals surface area contributed by atoms with Crippen molar-refractivity contribution < 1.29 is 28.9 Å². The molecule has 0 saturated carbocycles. The Balaban J connectivity index is 2.36. The van der Waals surface area contributed by atoms with Crippen LogP contribution in [-0.2, 0) is 9.53 Å². The van der Waals surface area contributed by atoms with Gasteiger partial charge in [-0.05, 0) is 39.3 Å². The number of hydrogen-bond donors (Lipinski definition) is 1. The largest absolute Gasteiger partial charge is 0.487 e. The van der Waals surface area contributed by atoms with E-state index in [4.69, 9.17) is 25.8 Å². The first-order valence-electron chi connectivity index (χ1n) is 9.36. The lowest BCUT2D eigenvalue weighted by Crippen LogP contribution is -2.48. The molecular formula is C22H26ClNO6. The standard InChI is InChI=1S/C22H26ClNO6/c1-6-8-9-14(7-2)13-28-17-11-18-16(10-15(17)23)24(12-19(29-18)20(25)26)21(27)30-22(3,4)5/h6-11,19H,2,12-13H2,1,3-5H3,(H,25,26)/b8-6-,14-9+. The smallest absolute Gasteiger partial charge is 0.415 e. The average Bonchev–Trinajstić information content (AvgIpc) is 2.66. The molecule has 1 amide bonds. The normalized spacial score (nSPS) is 16.6. The molecule has 1 N–H and O–H groups in total. The predicted molar refractivity (Wildman–Crippen MR) is 116 cm³/mol. The molecule has 1 unspecified atom stereocenters. The second-order valence-electron chi connectivity index (χ2n) is 7.55. The zero-order valence-corrected chi connectivity index (χ0v) is 18.2. The molecule has 1 aliphatic rings. The van der Waals surface area contributed by atoms with Crippen LogP contribution in [0.4, 0.5) is 10.5 Å². The van der Waals surface area contributed by atoms with Crippen molar-refractivity contribution in [3.05, 3.63) is 53.6 Å². The number of carboxylic acids is 1. The summed E-state index contributed by atoms with van der Waals surface area (Å²) in [7, 11) is 0. The lowest BCUT2D eigenvalue weighted by atomic mass is 10.1. The molecule has 0 bridgehead atoms. The van der Waals surface area contributed by atoms with Crippen molar-refractivity contribution >= 4 is 29.4 Å². The van der Waals surface area contributed by atoms with Gasteiger partial charge in [0.1, 0.15) is 23.7 Å². The van der Waals surface area contributed by atoms with Crippen molar-refractivity contribution in [2.45, 2.75) is 39.4 Å². The van der Waals surface area contributed by atoms with Crippen LogP contribution in [0.1, 0.15) is 27.7 Å². The zero-order valence-electron chi connectivity index (χ0n) is 17.5. The Morgan fingerprint density at radius 3 is 2.67 bits per heavy atom. The van der Waals surface area contributed by atoms with Gasteiger partial charge >= 0.3 is 12.1 Å². The van der Waals surface area contributed by atoms with Gasteiger partial charge in [0.25, 0.3) is 0 Å². The molecule has 8 heteroatoms. The van der Waals surface area contributed by atoms with Gasteiger partial charge in [-0.15, -0.1) is 0 Å². The monoisotopic (exact) mass is 435 g/mol. The summed E-state index contributed by atoms with van der Waals surface area (Å²) in [6.07, 6.45) is 5.30. The van der Waals surface area contributed by atoms with E-state index in [0.717, 1.165) is 5.57 Å². The fourth-order valence-corrected chi connectivity index (χ4v) is 2.78. The fraction of sp³-hybridized carbons (Fsp3) is 0.364. The van der Waals surface area contributed by atoms with Crippen LogP contribution >= 0.6 is 11.6 Å². The zero-order chi connectivity index (χ0) is 22.5. The van der Waals surface area contributed by atoms with E-state index in [2.05, 4.69) is 6.58 Å². The summed E-state index contributed by atoms with van der Waals surface area (Å²) in [5.41, 5.74) is 0.385. The van der Waals surface area contributed by atoms with Gasteiger partial charge in [0, 0.05) is 6.07 Å². The number of ether oxygens (including phenoxy) is 3. The maximum Gasteiger partial charge on any atom is 0.415 e. The highest BCUT2D eigenvalue weighted by Crippen LogP contribution is 2.41. The van der Waals surface area contributed by atoms with Gasteiger partial charge in [-0.2, -0.15) is 0 Å². The number of carboxylic acid groups (broad SMARTS) is 1. The molecule has 0 spiro atoms. The molecule has 0 fully saturated rings. The molecule has 0 radical (unpaired) electrons. The summed E-state index contributed by atoms with van der Waals surface area (Å²) >= 11 is 6.36. The summed E-state index contributed by atoms with van der Waals surface area (Å²) in [6.45, 7) is 10.8. The lowest BCUT2D eigenvalue weighted by Gasteiger charge is -2.34. The number of rotatable bonds is 6. The van der Waals surface area contributed by atoms with Crippen LogP contribution in [0.2, 0.25) is 5.02 Å². The SMILES string of the molecule is C=C/C(=C\C=C/C)COc1cc2c(cc1Cl)N(C(=O)OC(C)(C)C)CC(C(=O)O)O2. The third-order valence-corrected chi connectivity index (χ3v) is 4.27. The number of carbonyl (C=O) groups is 2. The Labute approximate surface area is 181 Å². The highest BCUT2D eigenvalue weighted by atomic mass is 35.5. The van der Waals surface area contributed by atoms with Crippen molar-refractivity contribution in [2.75, 3.05) is 18.1 Å². The molecule has 7 nitrogen and oxygen atoms in total. The predicted octanol–water partition coefficient (Wildman–Crippen LogP) is 4.99. The van der Waals surface area contributed by atoms with Gasteiger partial charge in [-0.25, -0.2) is 9.59 Å². The van der Waals surface area contributed by atoms with Crippen LogP contribution in [0, 0.1) is 0 Å². The highest BCUT2D eigenvalue weighted by Gasteiger charge is 2.36. The molecule has 2 rings (SSSR count). The first-order valence-corrected chi connectivity index (χ1v) is 9.74. The van der Waals surface area contributed by atoms with Crippen LogP contribution in [0.5, 0.6) is 11.5 Å². The van der Waals surface area contributed by atoms with E-state index >= 15 is 0 Å². The molecule has 162 valence electrons. The number of nitrogens with zero attached hydrogens (tertiary/aromatic N) is 1. The first-order chi connectivity index (χ1) is 14.1. The topological polar surface area (TPSA) is 85.3 Å². The second-order valence-corrected chi connectivity index (χ2v) is 7.95. The molecular weight excluding hydrogens is 410 g/mol. The highest BCUT2D eigenvalue weighted by molar-refractivity contribution is 6.32. The van der Waals surface area contributed by atoms with Gasteiger partial charge in [-0.1, -0.05) is 42.5 Å². The van der Waals surface area contributed by atoms with E-state index in [1.54, 1.807) is 26.8 Å². The molecule has 1 aromatic carbocycles. The number of fused-ring (bicyclic) bond motifs is 1. The molecule has 0 aromatic heterocycles. The van der Waals surface area contributed by atoms with Crippen molar-refractivity contribution in [3.63, 3.8) is 0 Å². The van der Waals surface area contributed by atoms with Gasteiger partial charge in [-0.3, -0.25) is 4.90 Å². The summed E-state index contributed by atoms with van der Waals surface area (Å²) in [4.78, 5) is 25.4. The van der Waals surface area contributed by atoms with E-state index in [-0.39, 0.29) is 23.9 Å². The quantitative estimate of drug-likeness (QED) is 0.633. The third kappa shape index (κ3) is 6.03. The van der Waals surface area contributed by atoms with Crippen molar-refractivity contribution in [1.29, 1.82) is 0 Å².